The SMILES string of the molecule is CC(C(=O)NN)c1ccc[c]([Sn]([c]2ccccc2)[c]2ccccc2)c1. The fourth-order valence-electron chi connectivity index (χ4n) is 2.95. The zero-order valence-corrected chi connectivity index (χ0v) is 17.0. The van der Waals surface area contributed by atoms with E-state index in [0.717, 1.165) is 5.56 Å². The van der Waals surface area contributed by atoms with Gasteiger partial charge in [0.2, 0.25) is 0 Å². The van der Waals surface area contributed by atoms with Gasteiger partial charge in [0.1, 0.15) is 0 Å². The molecule has 125 valence electrons. The fraction of sp³-hybridized carbons (Fsp3) is 0.0952. The van der Waals surface area contributed by atoms with Gasteiger partial charge in [0.25, 0.3) is 0 Å². The number of nitrogens with one attached hydrogen (secondary N) is 1. The van der Waals surface area contributed by atoms with Crippen LogP contribution in [0.15, 0.2) is 84.9 Å². The van der Waals surface area contributed by atoms with E-state index < -0.39 is 19.8 Å². The van der Waals surface area contributed by atoms with Crippen LogP contribution in [0.4, 0.5) is 0 Å². The first-order valence-corrected chi connectivity index (χ1v) is 12.6. The van der Waals surface area contributed by atoms with E-state index in [1.165, 1.54) is 10.7 Å². The Balaban J connectivity index is 2.07. The molecule has 0 heterocycles. The monoisotopic (exact) mass is 437 g/mol. The predicted octanol–water partition coefficient (Wildman–Crippen LogP) is 1.30. The molecule has 0 saturated carbocycles. The van der Waals surface area contributed by atoms with Crippen LogP contribution in [-0.4, -0.2) is 25.7 Å². The van der Waals surface area contributed by atoms with Gasteiger partial charge in [-0.3, -0.25) is 0 Å². The van der Waals surface area contributed by atoms with Crippen molar-refractivity contribution in [1.29, 1.82) is 0 Å². The Labute approximate surface area is 155 Å². The molecule has 1 unspecified atom stereocenters. The summed E-state index contributed by atoms with van der Waals surface area (Å²) in [5, 5.41) is 0. The van der Waals surface area contributed by atoms with Gasteiger partial charge in [-0.2, -0.15) is 0 Å². The van der Waals surface area contributed by atoms with Crippen molar-refractivity contribution in [3.63, 3.8) is 0 Å². The van der Waals surface area contributed by atoms with Crippen molar-refractivity contribution in [2.24, 2.45) is 5.84 Å². The third kappa shape index (κ3) is 4.11. The average Bonchev–Trinajstić information content (AvgIpc) is 2.69. The molecular weight excluding hydrogens is 415 g/mol. The van der Waals surface area contributed by atoms with Gasteiger partial charge < -0.3 is 0 Å². The topological polar surface area (TPSA) is 55.1 Å². The van der Waals surface area contributed by atoms with Crippen molar-refractivity contribution >= 4 is 36.4 Å². The molecule has 4 heteroatoms. The minimum absolute atomic E-state index is 0.165. The molecule has 3 nitrogen and oxygen atoms in total. The third-order valence-electron chi connectivity index (χ3n) is 4.34. The molecule has 0 bridgehead atoms. The molecule has 0 aliphatic rings. The number of nitrogens with two attached hydrogens (primary N) is 1. The molecule has 3 aromatic carbocycles. The summed E-state index contributed by atoms with van der Waals surface area (Å²) in [5.41, 5.74) is 3.26. The number of rotatable bonds is 5. The van der Waals surface area contributed by atoms with Crippen molar-refractivity contribution in [2.75, 3.05) is 0 Å². The van der Waals surface area contributed by atoms with Gasteiger partial charge in [0.15, 0.2) is 0 Å². The number of carbonyl (C=O) groups is 1. The number of hydrazine groups is 1. The second-order valence-electron chi connectivity index (χ2n) is 5.96. The molecule has 3 N–H and O–H groups in total. The van der Waals surface area contributed by atoms with E-state index >= 15 is 0 Å². The molecule has 3 aromatic rings. The second kappa shape index (κ2) is 8.32. The second-order valence-corrected chi connectivity index (χ2v) is 13.0. The van der Waals surface area contributed by atoms with Crippen LogP contribution in [0.25, 0.3) is 0 Å². The zero-order valence-electron chi connectivity index (χ0n) is 14.1. The molecule has 1 atom stereocenters. The van der Waals surface area contributed by atoms with Gasteiger partial charge in [-0.25, -0.2) is 0 Å². The van der Waals surface area contributed by atoms with Gasteiger partial charge in [-0.1, -0.05) is 0 Å². The van der Waals surface area contributed by atoms with Crippen LogP contribution in [0.1, 0.15) is 18.4 Å². The van der Waals surface area contributed by atoms with Gasteiger partial charge >= 0.3 is 156 Å². The summed E-state index contributed by atoms with van der Waals surface area (Å²) in [4.78, 5) is 11.9. The molecule has 0 spiro atoms. The van der Waals surface area contributed by atoms with Crippen molar-refractivity contribution in [1.82, 2.24) is 5.43 Å². The normalized spacial score (nSPS) is 12.0. The van der Waals surface area contributed by atoms with Crippen molar-refractivity contribution < 1.29 is 4.79 Å². The molecule has 25 heavy (non-hydrogen) atoms. The van der Waals surface area contributed by atoms with Crippen LogP contribution in [0.5, 0.6) is 0 Å². The molecule has 0 saturated heterocycles. The van der Waals surface area contributed by atoms with E-state index in [9.17, 15) is 4.79 Å². The van der Waals surface area contributed by atoms with E-state index in [4.69, 9.17) is 5.84 Å². The first kappa shape index (κ1) is 17.7. The molecule has 0 aliphatic carbocycles. The summed E-state index contributed by atoms with van der Waals surface area (Å²) in [6.07, 6.45) is 0. The van der Waals surface area contributed by atoms with E-state index in [-0.39, 0.29) is 11.8 Å². The Morgan fingerprint density at radius 3 is 1.88 bits per heavy atom. The van der Waals surface area contributed by atoms with E-state index in [1.807, 2.05) is 13.0 Å². The number of benzene rings is 3. The molecule has 0 aliphatic heterocycles. The first-order chi connectivity index (χ1) is 12.2. The molecule has 0 aromatic heterocycles. The molecule has 1 radical (unpaired) electrons. The van der Waals surface area contributed by atoms with E-state index in [1.54, 1.807) is 0 Å². The number of hydrogen-bond acceptors (Lipinski definition) is 2. The Bertz CT molecular complexity index is 797. The average molecular weight is 436 g/mol. The van der Waals surface area contributed by atoms with Crippen LogP contribution >= 0.6 is 0 Å². The molecule has 1 amide bonds. The molecular formula is C21H21N2OSn. The van der Waals surface area contributed by atoms with Crippen molar-refractivity contribution in [2.45, 2.75) is 12.8 Å². The minimum atomic E-state index is -2.29. The molecule has 3 rings (SSSR count). The number of carbonyl (C=O) groups excluding carboxylic acids is 1. The van der Waals surface area contributed by atoms with Crippen LogP contribution in [0.2, 0.25) is 0 Å². The Kier molecular flexibility index (Phi) is 5.89. The summed E-state index contributed by atoms with van der Waals surface area (Å²) in [6, 6.07) is 29.9. The van der Waals surface area contributed by atoms with E-state index in [2.05, 4.69) is 84.3 Å². The van der Waals surface area contributed by atoms with Crippen LogP contribution in [0, 0.1) is 0 Å². The Morgan fingerprint density at radius 1 is 0.840 bits per heavy atom. The maximum atomic E-state index is 11.9. The fourth-order valence-corrected chi connectivity index (χ4v) is 10.4. The summed E-state index contributed by atoms with van der Waals surface area (Å²) < 4.78 is 4.20. The van der Waals surface area contributed by atoms with E-state index in [0.29, 0.717) is 0 Å². The first-order valence-electron chi connectivity index (χ1n) is 8.29. The Hall–Kier alpha value is -2.11. The summed E-state index contributed by atoms with van der Waals surface area (Å²) in [5.74, 6) is 4.88. The third-order valence-corrected chi connectivity index (χ3v) is 12.1. The Morgan fingerprint density at radius 2 is 1.36 bits per heavy atom. The van der Waals surface area contributed by atoms with Gasteiger partial charge in [0, 0.05) is 0 Å². The van der Waals surface area contributed by atoms with Gasteiger partial charge in [0.05, 0.1) is 0 Å². The van der Waals surface area contributed by atoms with Crippen LogP contribution in [0.3, 0.4) is 0 Å². The number of amides is 1. The number of hydrogen-bond donors (Lipinski definition) is 2. The van der Waals surface area contributed by atoms with Crippen LogP contribution in [-0.2, 0) is 4.79 Å². The zero-order chi connectivity index (χ0) is 17.6. The van der Waals surface area contributed by atoms with Crippen molar-refractivity contribution in [3.8, 4) is 0 Å². The summed E-state index contributed by atoms with van der Waals surface area (Å²) >= 11 is -2.29. The predicted molar refractivity (Wildman–Crippen MR) is 105 cm³/mol. The summed E-state index contributed by atoms with van der Waals surface area (Å²) in [7, 11) is 0. The quantitative estimate of drug-likeness (QED) is 0.274. The summed E-state index contributed by atoms with van der Waals surface area (Å²) in [6.45, 7) is 1.88. The van der Waals surface area contributed by atoms with Crippen molar-refractivity contribution in [3.05, 3.63) is 90.5 Å². The maximum absolute atomic E-state index is 11.9. The van der Waals surface area contributed by atoms with Crippen LogP contribution < -0.4 is 22.0 Å². The van der Waals surface area contributed by atoms with Gasteiger partial charge in [-0.15, -0.1) is 0 Å². The molecule has 0 fully saturated rings. The standard InChI is InChI=1S/C9H11N2O.2C6H5.Sn/c1-7(9(12)11-10)8-5-3-2-4-6-8;2*1-2-4-6-5-3-1;/h2-3,5-7H,10H2,1H3,(H,11,12);2*1-5H;. The van der Waals surface area contributed by atoms with Gasteiger partial charge in [-0.05, 0) is 0 Å².